The number of nitrogens with zero attached hydrogens (tertiary/aromatic N) is 1. The van der Waals surface area contributed by atoms with Crippen molar-refractivity contribution in [1.82, 2.24) is 4.90 Å². The zero-order valence-electron chi connectivity index (χ0n) is 13.7. The van der Waals surface area contributed by atoms with Crippen LogP contribution in [0, 0.1) is 12.8 Å². The van der Waals surface area contributed by atoms with E-state index in [9.17, 15) is 9.90 Å². The van der Waals surface area contributed by atoms with Gasteiger partial charge in [0.1, 0.15) is 5.75 Å². The number of carboxylic acid groups (broad SMARTS) is 1. The van der Waals surface area contributed by atoms with E-state index in [1.54, 1.807) is 0 Å². The molecule has 2 aliphatic heterocycles. The van der Waals surface area contributed by atoms with E-state index in [0.717, 1.165) is 44.8 Å². The van der Waals surface area contributed by atoms with Crippen LogP contribution in [0.5, 0.6) is 5.75 Å². The number of hydrogen-bond donors (Lipinski definition) is 1. The Labute approximate surface area is 137 Å². The highest BCUT2D eigenvalue weighted by Gasteiger charge is 2.44. The van der Waals surface area contributed by atoms with Gasteiger partial charge in [0.05, 0.1) is 6.61 Å². The van der Waals surface area contributed by atoms with Gasteiger partial charge in [-0.05, 0) is 31.4 Å². The number of carbonyl (C=O) groups is 1. The van der Waals surface area contributed by atoms with Gasteiger partial charge in [-0.2, -0.15) is 0 Å². The zero-order valence-corrected chi connectivity index (χ0v) is 13.7. The van der Waals surface area contributed by atoms with Crippen molar-refractivity contribution in [2.24, 2.45) is 5.92 Å². The zero-order chi connectivity index (χ0) is 16.3. The molecule has 1 aromatic carbocycles. The first-order valence-electron chi connectivity index (χ1n) is 8.37. The van der Waals surface area contributed by atoms with Crippen molar-refractivity contribution in [2.75, 3.05) is 32.8 Å². The van der Waals surface area contributed by atoms with Crippen LogP contribution < -0.4 is 4.74 Å². The standard InChI is InChI=1S/C18H25NO4/c1-14-2-4-16(5-3-14)23-18(17(20)21)7-9-19(10-8-18)12-15-6-11-22-13-15/h2-5,15H,6-13H2,1H3,(H,20,21)/t15-/m1/s1. The number of likely N-dealkylation sites (tertiary alicyclic amines) is 1. The fraction of sp³-hybridized carbons (Fsp3) is 0.611. The summed E-state index contributed by atoms with van der Waals surface area (Å²) in [6.07, 6.45) is 2.15. The number of benzene rings is 1. The first kappa shape index (κ1) is 16.3. The number of ether oxygens (including phenoxy) is 2. The van der Waals surface area contributed by atoms with Gasteiger partial charge in [0.2, 0.25) is 5.60 Å². The fourth-order valence-electron chi connectivity index (χ4n) is 3.38. The molecule has 5 heteroatoms. The van der Waals surface area contributed by atoms with Gasteiger partial charge in [-0.25, -0.2) is 4.79 Å². The smallest absolute Gasteiger partial charge is 0.348 e. The topological polar surface area (TPSA) is 59.0 Å². The Hall–Kier alpha value is -1.59. The normalized spacial score (nSPS) is 24.5. The molecular formula is C18H25NO4. The van der Waals surface area contributed by atoms with E-state index in [0.29, 0.717) is 24.5 Å². The molecule has 5 nitrogen and oxygen atoms in total. The highest BCUT2D eigenvalue weighted by atomic mass is 16.5. The molecule has 126 valence electrons. The van der Waals surface area contributed by atoms with Crippen LogP contribution in [0.4, 0.5) is 0 Å². The van der Waals surface area contributed by atoms with Crippen molar-refractivity contribution in [1.29, 1.82) is 0 Å². The van der Waals surface area contributed by atoms with Crippen LogP contribution in [-0.4, -0.2) is 54.4 Å². The minimum atomic E-state index is -1.10. The molecule has 0 amide bonds. The number of carboxylic acids is 1. The molecule has 23 heavy (non-hydrogen) atoms. The molecule has 0 aliphatic carbocycles. The summed E-state index contributed by atoms with van der Waals surface area (Å²) in [5.74, 6) is 0.364. The van der Waals surface area contributed by atoms with E-state index in [-0.39, 0.29) is 0 Å². The van der Waals surface area contributed by atoms with Crippen LogP contribution in [0.1, 0.15) is 24.8 Å². The molecule has 2 saturated heterocycles. The number of aryl methyl sites for hydroxylation is 1. The Balaban J connectivity index is 1.61. The van der Waals surface area contributed by atoms with Crippen LogP contribution in [-0.2, 0) is 9.53 Å². The number of piperidine rings is 1. The van der Waals surface area contributed by atoms with Gasteiger partial charge in [-0.3, -0.25) is 0 Å². The Morgan fingerprint density at radius 1 is 1.35 bits per heavy atom. The molecule has 2 aliphatic rings. The van der Waals surface area contributed by atoms with E-state index in [4.69, 9.17) is 9.47 Å². The molecule has 0 spiro atoms. The van der Waals surface area contributed by atoms with Gasteiger partial charge < -0.3 is 19.5 Å². The summed E-state index contributed by atoms with van der Waals surface area (Å²) in [7, 11) is 0. The Bertz CT molecular complexity index is 528. The molecule has 0 saturated carbocycles. The molecule has 0 aromatic heterocycles. The highest BCUT2D eigenvalue weighted by molar-refractivity contribution is 5.78. The second-order valence-corrected chi connectivity index (χ2v) is 6.74. The molecule has 0 radical (unpaired) electrons. The summed E-state index contributed by atoms with van der Waals surface area (Å²) in [6.45, 7) is 6.21. The summed E-state index contributed by atoms with van der Waals surface area (Å²) in [5, 5.41) is 9.71. The van der Waals surface area contributed by atoms with Gasteiger partial charge in [-0.15, -0.1) is 0 Å². The van der Waals surface area contributed by atoms with E-state index in [1.807, 2.05) is 31.2 Å². The summed E-state index contributed by atoms with van der Waals surface area (Å²) < 4.78 is 11.3. The maximum absolute atomic E-state index is 11.8. The number of aliphatic carboxylic acids is 1. The van der Waals surface area contributed by atoms with E-state index in [2.05, 4.69) is 4.90 Å². The fourth-order valence-corrected chi connectivity index (χ4v) is 3.38. The first-order valence-corrected chi connectivity index (χ1v) is 8.37. The van der Waals surface area contributed by atoms with Crippen LogP contribution in [0.15, 0.2) is 24.3 Å². The molecule has 2 fully saturated rings. The molecule has 2 heterocycles. The lowest BCUT2D eigenvalue weighted by molar-refractivity contribution is -0.159. The van der Waals surface area contributed by atoms with Crippen molar-refractivity contribution >= 4 is 5.97 Å². The maximum Gasteiger partial charge on any atom is 0.348 e. The summed E-state index contributed by atoms with van der Waals surface area (Å²) in [4.78, 5) is 14.2. The SMILES string of the molecule is Cc1ccc(OC2(C(=O)O)CCN(C[C@H]3CCOC3)CC2)cc1. The van der Waals surface area contributed by atoms with E-state index in [1.165, 1.54) is 0 Å². The molecule has 1 aromatic rings. The molecule has 1 N–H and O–H groups in total. The largest absolute Gasteiger partial charge is 0.478 e. The molecule has 0 bridgehead atoms. The van der Waals surface area contributed by atoms with Gasteiger partial charge in [-0.1, -0.05) is 17.7 Å². The van der Waals surface area contributed by atoms with Gasteiger partial charge in [0.15, 0.2) is 0 Å². The third-order valence-electron chi connectivity index (χ3n) is 4.93. The summed E-state index contributed by atoms with van der Waals surface area (Å²) >= 11 is 0. The average molecular weight is 319 g/mol. The van der Waals surface area contributed by atoms with Gasteiger partial charge in [0, 0.05) is 39.1 Å². The highest BCUT2D eigenvalue weighted by Crippen LogP contribution is 2.30. The summed E-state index contributed by atoms with van der Waals surface area (Å²) in [5.41, 5.74) is 0.0353. The summed E-state index contributed by atoms with van der Waals surface area (Å²) in [6, 6.07) is 7.59. The average Bonchev–Trinajstić information content (AvgIpc) is 3.04. The number of hydrogen-bond acceptors (Lipinski definition) is 4. The number of rotatable bonds is 5. The molecular weight excluding hydrogens is 294 g/mol. The second-order valence-electron chi connectivity index (χ2n) is 6.74. The van der Waals surface area contributed by atoms with Crippen LogP contribution in [0.2, 0.25) is 0 Å². The van der Waals surface area contributed by atoms with Crippen LogP contribution in [0.3, 0.4) is 0 Å². The quantitative estimate of drug-likeness (QED) is 0.902. The predicted molar refractivity (Wildman–Crippen MR) is 86.8 cm³/mol. The van der Waals surface area contributed by atoms with E-state index >= 15 is 0 Å². The minimum Gasteiger partial charge on any atom is -0.478 e. The molecule has 3 rings (SSSR count). The molecule has 0 unspecified atom stereocenters. The first-order chi connectivity index (χ1) is 11.1. The lowest BCUT2D eigenvalue weighted by atomic mass is 9.90. The van der Waals surface area contributed by atoms with E-state index < -0.39 is 11.6 Å². The lowest BCUT2D eigenvalue weighted by Gasteiger charge is -2.39. The predicted octanol–water partition coefficient (Wildman–Crippen LogP) is 2.33. The third kappa shape index (κ3) is 3.85. The van der Waals surface area contributed by atoms with Crippen LogP contribution in [0.25, 0.3) is 0 Å². The lowest BCUT2D eigenvalue weighted by Crippen LogP contribution is -2.53. The third-order valence-corrected chi connectivity index (χ3v) is 4.93. The Morgan fingerprint density at radius 2 is 2.04 bits per heavy atom. The maximum atomic E-state index is 11.8. The van der Waals surface area contributed by atoms with Gasteiger partial charge in [0.25, 0.3) is 0 Å². The van der Waals surface area contributed by atoms with Gasteiger partial charge >= 0.3 is 5.97 Å². The van der Waals surface area contributed by atoms with Crippen LogP contribution >= 0.6 is 0 Å². The van der Waals surface area contributed by atoms with Crippen molar-refractivity contribution in [3.05, 3.63) is 29.8 Å². The van der Waals surface area contributed by atoms with Crippen molar-refractivity contribution in [3.8, 4) is 5.75 Å². The monoisotopic (exact) mass is 319 g/mol. The van der Waals surface area contributed by atoms with Crippen molar-refractivity contribution in [2.45, 2.75) is 31.8 Å². The molecule has 1 atom stereocenters. The Morgan fingerprint density at radius 3 is 2.61 bits per heavy atom. The van der Waals surface area contributed by atoms with Crippen molar-refractivity contribution in [3.63, 3.8) is 0 Å². The minimum absolute atomic E-state index is 0.518. The Kier molecular flexibility index (Phi) is 4.87. The van der Waals surface area contributed by atoms with Crippen molar-refractivity contribution < 1.29 is 19.4 Å². The second kappa shape index (κ2) is 6.89.